The first-order chi connectivity index (χ1) is 9.70. The van der Waals surface area contributed by atoms with E-state index in [2.05, 4.69) is 16.0 Å². The zero-order chi connectivity index (χ0) is 14.1. The molecule has 20 heavy (non-hydrogen) atoms. The number of H-pyrrole nitrogens is 1. The summed E-state index contributed by atoms with van der Waals surface area (Å²) in [5.74, 6) is 0. The fourth-order valence-corrected chi connectivity index (χ4v) is 2.88. The molecule has 1 N–H and O–H groups in total. The number of fused-ring (bicyclic) bond motifs is 1. The Bertz CT molecular complexity index is 749. The summed E-state index contributed by atoms with van der Waals surface area (Å²) in [5.41, 5.74) is 2.56. The minimum atomic E-state index is -0.169. The molecule has 1 aromatic carbocycles. The highest BCUT2D eigenvalue weighted by Gasteiger charge is 2.14. The predicted molar refractivity (Wildman–Crippen MR) is 80.1 cm³/mol. The molecule has 1 fully saturated rings. The molecule has 4 nitrogen and oxygen atoms in total. The Kier molecular flexibility index (Phi) is 3.19. The molecule has 2 heterocycles. The lowest BCUT2D eigenvalue weighted by Crippen LogP contribution is -2.29. The lowest BCUT2D eigenvalue weighted by Gasteiger charge is -2.29. The lowest BCUT2D eigenvalue weighted by molar-refractivity contribution is 0.578. The maximum absolute atomic E-state index is 12.4. The van der Waals surface area contributed by atoms with Crippen LogP contribution in [0.25, 0.3) is 10.9 Å². The number of hydrogen-bond acceptors (Lipinski definition) is 3. The molecule has 0 aliphatic carbocycles. The van der Waals surface area contributed by atoms with E-state index in [4.69, 9.17) is 5.26 Å². The minimum absolute atomic E-state index is 0.169. The molecule has 4 heteroatoms. The van der Waals surface area contributed by atoms with Crippen molar-refractivity contribution in [1.29, 1.82) is 5.26 Å². The van der Waals surface area contributed by atoms with Crippen molar-refractivity contribution >= 4 is 16.6 Å². The first-order valence-corrected chi connectivity index (χ1v) is 7.02. The number of nitriles is 1. The Balaban J connectivity index is 2.15. The number of aryl methyl sites for hydroxylation is 1. The highest BCUT2D eigenvalue weighted by Crippen LogP contribution is 2.23. The Hall–Kier alpha value is -2.28. The van der Waals surface area contributed by atoms with Crippen LogP contribution in [0.5, 0.6) is 0 Å². The second kappa shape index (κ2) is 5.01. The average molecular weight is 267 g/mol. The standard InChI is InChI=1S/C16H17N3O/c1-11-14(10-17)16(20)13-9-12(5-6-15(13)18-11)19-7-3-2-4-8-19/h5-6,9H,2-4,7-8H2,1H3,(H,18,20). The Morgan fingerprint density at radius 2 is 2.00 bits per heavy atom. The average Bonchev–Trinajstić information content (AvgIpc) is 2.48. The van der Waals surface area contributed by atoms with Crippen LogP contribution in [0.4, 0.5) is 5.69 Å². The highest BCUT2D eigenvalue weighted by molar-refractivity contribution is 5.84. The van der Waals surface area contributed by atoms with E-state index in [0.717, 1.165) is 24.3 Å². The number of nitrogens with zero attached hydrogens (tertiary/aromatic N) is 2. The van der Waals surface area contributed by atoms with Gasteiger partial charge in [0, 0.05) is 35.4 Å². The third-order valence-corrected chi connectivity index (χ3v) is 4.01. The zero-order valence-electron chi connectivity index (χ0n) is 11.6. The molecule has 0 atom stereocenters. The van der Waals surface area contributed by atoms with Crippen LogP contribution in [-0.2, 0) is 0 Å². The van der Waals surface area contributed by atoms with Crippen molar-refractivity contribution in [2.24, 2.45) is 0 Å². The maximum atomic E-state index is 12.4. The van der Waals surface area contributed by atoms with E-state index in [1.807, 2.05) is 18.2 Å². The van der Waals surface area contributed by atoms with Gasteiger partial charge in [0.25, 0.3) is 0 Å². The number of aromatic nitrogens is 1. The van der Waals surface area contributed by atoms with Gasteiger partial charge < -0.3 is 9.88 Å². The van der Waals surface area contributed by atoms with Crippen LogP contribution in [0.15, 0.2) is 23.0 Å². The molecular formula is C16H17N3O. The van der Waals surface area contributed by atoms with Gasteiger partial charge in [0.05, 0.1) is 0 Å². The molecule has 0 bridgehead atoms. The summed E-state index contributed by atoms with van der Waals surface area (Å²) >= 11 is 0. The number of nitrogens with one attached hydrogen (secondary N) is 1. The molecule has 0 saturated carbocycles. The van der Waals surface area contributed by atoms with Crippen molar-refractivity contribution < 1.29 is 0 Å². The fourth-order valence-electron chi connectivity index (χ4n) is 2.88. The van der Waals surface area contributed by atoms with E-state index in [9.17, 15) is 4.79 Å². The van der Waals surface area contributed by atoms with Crippen LogP contribution in [0.3, 0.4) is 0 Å². The zero-order valence-corrected chi connectivity index (χ0v) is 11.6. The first-order valence-electron chi connectivity index (χ1n) is 7.02. The van der Waals surface area contributed by atoms with Gasteiger partial charge in [0.2, 0.25) is 5.43 Å². The van der Waals surface area contributed by atoms with E-state index in [1.54, 1.807) is 6.92 Å². The molecular weight excluding hydrogens is 250 g/mol. The van der Waals surface area contributed by atoms with Crippen molar-refractivity contribution in [3.05, 3.63) is 39.7 Å². The topological polar surface area (TPSA) is 59.9 Å². The molecule has 1 saturated heterocycles. The summed E-state index contributed by atoms with van der Waals surface area (Å²) in [5, 5.41) is 9.70. The molecule has 0 radical (unpaired) electrons. The summed E-state index contributed by atoms with van der Waals surface area (Å²) in [4.78, 5) is 17.8. The third kappa shape index (κ3) is 2.05. The normalized spacial score (nSPS) is 15.3. The van der Waals surface area contributed by atoms with Gasteiger partial charge in [-0.15, -0.1) is 0 Å². The van der Waals surface area contributed by atoms with E-state index >= 15 is 0 Å². The number of rotatable bonds is 1. The maximum Gasteiger partial charge on any atom is 0.207 e. The number of aromatic amines is 1. The quantitative estimate of drug-likeness (QED) is 0.864. The third-order valence-electron chi connectivity index (χ3n) is 4.01. The molecule has 0 amide bonds. The van der Waals surface area contributed by atoms with Gasteiger partial charge in [-0.25, -0.2) is 0 Å². The molecule has 0 unspecified atom stereocenters. The smallest absolute Gasteiger partial charge is 0.207 e. The summed E-state index contributed by atoms with van der Waals surface area (Å²) < 4.78 is 0. The molecule has 1 aromatic heterocycles. The van der Waals surface area contributed by atoms with Gasteiger partial charge in [-0.1, -0.05) is 0 Å². The SMILES string of the molecule is Cc1[nH]c2ccc(N3CCCCC3)cc2c(=O)c1C#N. The summed E-state index contributed by atoms with van der Waals surface area (Å²) in [6.45, 7) is 3.85. The van der Waals surface area contributed by atoms with E-state index in [0.29, 0.717) is 11.1 Å². The van der Waals surface area contributed by atoms with E-state index < -0.39 is 0 Å². The summed E-state index contributed by atoms with van der Waals surface area (Å²) in [7, 11) is 0. The molecule has 0 spiro atoms. The summed E-state index contributed by atoms with van der Waals surface area (Å²) in [6.07, 6.45) is 3.68. The number of hydrogen-bond donors (Lipinski definition) is 1. The first kappa shape index (κ1) is 12.7. The Morgan fingerprint density at radius 3 is 2.70 bits per heavy atom. The van der Waals surface area contributed by atoms with Gasteiger partial charge >= 0.3 is 0 Å². The molecule has 3 rings (SSSR count). The van der Waals surface area contributed by atoms with Crippen LogP contribution >= 0.6 is 0 Å². The highest BCUT2D eigenvalue weighted by atomic mass is 16.1. The van der Waals surface area contributed by atoms with Crippen LogP contribution in [0, 0.1) is 18.3 Å². The van der Waals surface area contributed by atoms with Gasteiger partial charge in [-0.3, -0.25) is 4.79 Å². The fraction of sp³-hybridized carbons (Fsp3) is 0.375. The number of piperidine rings is 1. The lowest BCUT2D eigenvalue weighted by atomic mass is 10.1. The minimum Gasteiger partial charge on any atom is -0.372 e. The monoisotopic (exact) mass is 267 g/mol. The van der Waals surface area contributed by atoms with Crippen molar-refractivity contribution in [1.82, 2.24) is 4.98 Å². The van der Waals surface area contributed by atoms with Crippen LogP contribution in [-0.4, -0.2) is 18.1 Å². The van der Waals surface area contributed by atoms with Crippen molar-refractivity contribution in [2.45, 2.75) is 26.2 Å². The second-order valence-corrected chi connectivity index (χ2v) is 5.34. The Morgan fingerprint density at radius 1 is 1.25 bits per heavy atom. The predicted octanol–water partition coefficient (Wildman–Crippen LogP) is 2.70. The van der Waals surface area contributed by atoms with Gasteiger partial charge in [-0.05, 0) is 44.4 Å². The van der Waals surface area contributed by atoms with E-state index in [-0.39, 0.29) is 11.0 Å². The molecule has 102 valence electrons. The second-order valence-electron chi connectivity index (χ2n) is 5.34. The van der Waals surface area contributed by atoms with Crippen molar-refractivity contribution in [2.75, 3.05) is 18.0 Å². The number of anilines is 1. The van der Waals surface area contributed by atoms with Crippen LogP contribution < -0.4 is 10.3 Å². The largest absolute Gasteiger partial charge is 0.372 e. The van der Waals surface area contributed by atoms with Gasteiger partial charge in [0.1, 0.15) is 11.6 Å². The van der Waals surface area contributed by atoms with Crippen molar-refractivity contribution in [3.63, 3.8) is 0 Å². The molecule has 2 aromatic rings. The van der Waals surface area contributed by atoms with Gasteiger partial charge in [0.15, 0.2) is 0 Å². The molecule has 1 aliphatic heterocycles. The number of benzene rings is 1. The van der Waals surface area contributed by atoms with Crippen LogP contribution in [0.2, 0.25) is 0 Å². The Labute approximate surface area is 117 Å². The summed E-state index contributed by atoms with van der Waals surface area (Å²) in [6, 6.07) is 7.90. The van der Waals surface area contributed by atoms with Crippen molar-refractivity contribution in [3.8, 4) is 6.07 Å². The van der Waals surface area contributed by atoms with Gasteiger partial charge in [-0.2, -0.15) is 5.26 Å². The number of pyridine rings is 1. The van der Waals surface area contributed by atoms with Crippen LogP contribution in [0.1, 0.15) is 30.5 Å². The molecule has 1 aliphatic rings. The van der Waals surface area contributed by atoms with E-state index in [1.165, 1.54) is 19.3 Å².